The number of nitrogens with zero attached hydrogens (tertiary/aromatic N) is 2. The molecule has 1 heterocycles. The van der Waals surface area contributed by atoms with Crippen molar-refractivity contribution in [3.05, 3.63) is 83.9 Å². The monoisotopic (exact) mass is 695 g/mol. The van der Waals surface area contributed by atoms with Gasteiger partial charge in [0.2, 0.25) is 5.91 Å². The number of anilines is 1. The number of aliphatic hydroxyl groups excluding tert-OH is 1. The summed E-state index contributed by atoms with van der Waals surface area (Å²) >= 11 is 0. The van der Waals surface area contributed by atoms with Crippen LogP contribution in [0.4, 0.5) is 5.69 Å². The number of methoxy groups -OCH3 is 1. The third-order valence-electron chi connectivity index (χ3n) is 8.75. The smallest absolute Gasteiger partial charge is 0.261 e. The van der Waals surface area contributed by atoms with Gasteiger partial charge in [0.25, 0.3) is 15.9 Å². The molecule has 49 heavy (non-hydrogen) atoms. The quantitative estimate of drug-likeness (QED) is 0.303. The Balaban J connectivity index is 1.63. The van der Waals surface area contributed by atoms with Crippen molar-refractivity contribution in [3.8, 4) is 11.5 Å². The summed E-state index contributed by atoms with van der Waals surface area (Å²) in [6, 6.07) is 19.6. The molecule has 2 N–H and O–H groups in total. The number of ether oxygens (including phenoxy) is 3. The van der Waals surface area contributed by atoms with E-state index in [-0.39, 0.29) is 59.8 Å². The van der Waals surface area contributed by atoms with Crippen LogP contribution in [0.5, 0.6) is 11.5 Å². The second-order valence-corrected chi connectivity index (χ2v) is 14.4. The Morgan fingerprint density at radius 2 is 1.80 bits per heavy atom. The number of sulfonamides is 1. The van der Waals surface area contributed by atoms with Crippen LogP contribution in [0.25, 0.3) is 0 Å². The van der Waals surface area contributed by atoms with Crippen LogP contribution < -0.4 is 14.2 Å². The fourth-order valence-electron chi connectivity index (χ4n) is 5.69. The Morgan fingerprint density at radius 1 is 1.08 bits per heavy atom. The van der Waals surface area contributed by atoms with E-state index in [2.05, 4.69) is 4.72 Å². The summed E-state index contributed by atoms with van der Waals surface area (Å²) in [6.07, 6.45) is 1.95. The van der Waals surface area contributed by atoms with Gasteiger partial charge in [-0.05, 0) is 81.1 Å². The molecule has 4 atom stereocenters. The highest BCUT2D eigenvalue weighted by molar-refractivity contribution is 7.92. The van der Waals surface area contributed by atoms with E-state index in [0.29, 0.717) is 31.1 Å². The van der Waals surface area contributed by atoms with Crippen molar-refractivity contribution in [2.24, 2.45) is 5.92 Å². The van der Waals surface area contributed by atoms with Crippen molar-refractivity contribution in [3.63, 3.8) is 0 Å². The SMILES string of the molecule is COc1ccc(S(=O)(=O)Nc2ccc3c(c2)C(=O)N([C@H](C)CO)C[C@@H](C)[C@H](CN(C)C(=O)Cc2ccccc2)OCCCC[C@@H](C)O3)cc1. The molecule has 3 aromatic rings. The molecule has 12 heteroatoms. The van der Waals surface area contributed by atoms with Crippen LogP contribution in [-0.4, -0.2) is 93.8 Å². The number of rotatable bonds is 10. The van der Waals surface area contributed by atoms with Gasteiger partial charge >= 0.3 is 0 Å². The first kappa shape index (κ1) is 37.7. The Labute approximate surface area is 290 Å². The predicted octanol–water partition coefficient (Wildman–Crippen LogP) is 4.99. The first-order valence-corrected chi connectivity index (χ1v) is 18.2. The third-order valence-corrected chi connectivity index (χ3v) is 10.1. The van der Waals surface area contributed by atoms with Gasteiger partial charge in [0.1, 0.15) is 11.5 Å². The lowest BCUT2D eigenvalue weighted by molar-refractivity contribution is -0.131. The van der Waals surface area contributed by atoms with Crippen molar-refractivity contribution >= 4 is 27.5 Å². The van der Waals surface area contributed by atoms with E-state index in [1.165, 1.54) is 25.3 Å². The van der Waals surface area contributed by atoms with E-state index in [0.717, 1.165) is 18.4 Å². The van der Waals surface area contributed by atoms with Gasteiger partial charge in [0, 0.05) is 38.3 Å². The van der Waals surface area contributed by atoms with Crippen molar-refractivity contribution < 1.29 is 37.3 Å². The Morgan fingerprint density at radius 3 is 2.47 bits per heavy atom. The van der Waals surface area contributed by atoms with Gasteiger partial charge in [-0.3, -0.25) is 14.3 Å². The van der Waals surface area contributed by atoms with Gasteiger partial charge < -0.3 is 29.1 Å². The van der Waals surface area contributed by atoms with Gasteiger partial charge in [0.05, 0.1) is 48.8 Å². The Kier molecular flexibility index (Phi) is 13.5. The zero-order valence-electron chi connectivity index (χ0n) is 29.0. The van der Waals surface area contributed by atoms with Crippen LogP contribution in [0.15, 0.2) is 77.7 Å². The number of hydrogen-bond donors (Lipinski definition) is 2. The first-order valence-electron chi connectivity index (χ1n) is 16.7. The fraction of sp³-hybridized carbons (Fsp3) is 0.459. The summed E-state index contributed by atoms with van der Waals surface area (Å²) in [5.74, 6) is 0.150. The molecule has 2 amide bonds. The molecular formula is C37H49N3O8S. The minimum atomic E-state index is -3.99. The molecule has 1 aliphatic heterocycles. The Hall–Kier alpha value is -4.13. The number of amides is 2. The molecule has 0 bridgehead atoms. The van der Waals surface area contributed by atoms with Crippen LogP contribution in [0.2, 0.25) is 0 Å². The largest absolute Gasteiger partial charge is 0.497 e. The molecule has 0 radical (unpaired) electrons. The zero-order chi connectivity index (χ0) is 35.6. The lowest BCUT2D eigenvalue weighted by Crippen LogP contribution is -2.48. The molecule has 266 valence electrons. The summed E-state index contributed by atoms with van der Waals surface area (Å²) in [5.41, 5.74) is 1.28. The van der Waals surface area contributed by atoms with Crippen LogP contribution in [0.3, 0.4) is 0 Å². The summed E-state index contributed by atoms with van der Waals surface area (Å²) in [7, 11) is -0.733. The fourth-order valence-corrected chi connectivity index (χ4v) is 6.74. The number of carbonyl (C=O) groups is 2. The number of benzene rings is 3. The van der Waals surface area contributed by atoms with Gasteiger partial charge in [-0.15, -0.1) is 0 Å². The number of aliphatic hydroxyl groups is 1. The van der Waals surface area contributed by atoms with E-state index in [9.17, 15) is 23.1 Å². The highest BCUT2D eigenvalue weighted by Gasteiger charge is 2.31. The lowest BCUT2D eigenvalue weighted by atomic mass is 10.0. The van der Waals surface area contributed by atoms with E-state index in [1.807, 2.05) is 44.2 Å². The number of fused-ring (bicyclic) bond motifs is 1. The third kappa shape index (κ3) is 10.4. The normalized spacial score (nSPS) is 19.9. The molecule has 0 fully saturated rings. The summed E-state index contributed by atoms with van der Waals surface area (Å²) < 4.78 is 46.9. The number of hydrogen-bond acceptors (Lipinski definition) is 8. The number of carbonyl (C=O) groups excluding carboxylic acids is 2. The number of likely N-dealkylation sites (N-methyl/N-ethyl adjacent to an activating group) is 1. The van der Waals surface area contributed by atoms with Crippen LogP contribution in [-0.2, 0) is 26.0 Å². The molecule has 0 unspecified atom stereocenters. The average Bonchev–Trinajstić information content (AvgIpc) is 3.09. The molecule has 1 aliphatic rings. The molecule has 3 aromatic carbocycles. The molecule has 11 nitrogen and oxygen atoms in total. The minimum absolute atomic E-state index is 0.0344. The molecular weight excluding hydrogens is 646 g/mol. The summed E-state index contributed by atoms with van der Waals surface area (Å²) in [5, 5.41) is 10.2. The molecule has 0 aliphatic carbocycles. The maximum atomic E-state index is 14.4. The van der Waals surface area contributed by atoms with Crippen LogP contribution >= 0.6 is 0 Å². The second kappa shape index (κ2) is 17.5. The maximum absolute atomic E-state index is 14.4. The predicted molar refractivity (Wildman–Crippen MR) is 188 cm³/mol. The average molecular weight is 696 g/mol. The highest BCUT2D eigenvalue weighted by Crippen LogP contribution is 2.30. The van der Waals surface area contributed by atoms with Crippen molar-refractivity contribution in [1.29, 1.82) is 0 Å². The standard InChI is InChI=1S/C37H49N3O8S/c1-26-23-40(27(2)25-41)37(43)33-22-30(38-49(44,45)32-17-15-31(46-5)16-18-32)14-19-34(33)48-28(3)11-9-10-20-47-35(26)24-39(4)36(42)21-29-12-7-6-8-13-29/h6-8,12-19,22,26-28,35,38,41H,9-11,20-21,23-25H2,1-5H3/t26-,27-,28-,35+/m1/s1. The van der Waals surface area contributed by atoms with Crippen molar-refractivity contribution in [1.82, 2.24) is 9.80 Å². The van der Waals surface area contributed by atoms with Gasteiger partial charge in [0.15, 0.2) is 0 Å². The molecule has 0 saturated carbocycles. The Bertz CT molecular complexity index is 1640. The van der Waals surface area contributed by atoms with Gasteiger partial charge in [-0.2, -0.15) is 0 Å². The zero-order valence-corrected chi connectivity index (χ0v) is 29.8. The van der Waals surface area contributed by atoms with E-state index >= 15 is 0 Å². The minimum Gasteiger partial charge on any atom is -0.497 e. The second-order valence-electron chi connectivity index (χ2n) is 12.7. The van der Waals surface area contributed by atoms with E-state index < -0.39 is 22.0 Å². The van der Waals surface area contributed by atoms with Crippen molar-refractivity contribution in [2.45, 2.75) is 69.6 Å². The van der Waals surface area contributed by atoms with Gasteiger partial charge in [-0.1, -0.05) is 37.3 Å². The molecule has 4 rings (SSSR count). The molecule has 0 saturated heterocycles. The van der Waals surface area contributed by atoms with Gasteiger partial charge in [-0.25, -0.2) is 8.42 Å². The maximum Gasteiger partial charge on any atom is 0.261 e. The first-order chi connectivity index (χ1) is 23.4. The van der Waals surface area contributed by atoms with Crippen molar-refractivity contribution in [2.75, 3.05) is 45.2 Å². The number of nitrogens with one attached hydrogen (secondary N) is 1. The summed E-state index contributed by atoms with van der Waals surface area (Å²) in [6.45, 7) is 6.37. The van der Waals surface area contributed by atoms with E-state index in [4.69, 9.17) is 14.2 Å². The molecule has 0 spiro atoms. The van der Waals surface area contributed by atoms with Crippen LogP contribution in [0.1, 0.15) is 56.0 Å². The molecule has 0 aromatic heterocycles. The lowest BCUT2D eigenvalue weighted by Gasteiger charge is -2.36. The van der Waals surface area contributed by atoms with E-state index in [1.54, 1.807) is 48.0 Å². The highest BCUT2D eigenvalue weighted by atomic mass is 32.2. The van der Waals surface area contributed by atoms with Crippen LogP contribution in [0, 0.1) is 5.92 Å². The summed E-state index contributed by atoms with van der Waals surface area (Å²) in [4.78, 5) is 30.8. The topological polar surface area (TPSA) is 135 Å².